The average molecular weight is 166 g/mol. The quantitative estimate of drug-likeness (QED) is 0.570. The van der Waals surface area contributed by atoms with Crippen LogP contribution in [0, 0.1) is 0 Å². The Morgan fingerprint density at radius 3 is 2.58 bits per heavy atom. The Morgan fingerprint density at radius 1 is 1.33 bits per heavy atom. The van der Waals surface area contributed by atoms with E-state index in [-0.39, 0.29) is 0 Å². The van der Waals surface area contributed by atoms with Crippen LogP contribution in [0.5, 0.6) is 0 Å². The summed E-state index contributed by atoms with van der Waals surface area (Å²) < 4.78 is 5.04. The second-order valence-electron chi connectivity index (χ2n) is 2.51. The second kappa shape index (κ2) is 8.28. The zero-order chi connectivity index (χ0) is 9.23. The molecule has 0 aliphatic heterocycles. The molecule has 0 aliphatic rings. The zero-order valence-electron chi connectivity index (χ0n) is 8.21. The van der Waals surface area contributed by atoms with Crippen LogP contribution in [0.25, 0.3) is 0 Å². The fourth-order valence-electron chi connectivity index (χ4n) is 0.894. The first kappa shape index (κ1) is 11.2. The van der Waals surface area contributed by atoms with Gasteiger partial charge in [0, 0.05) is 7.11 Å². The molecule has 68 valence electrons. The van der Waals surface area contributed by atoms with E-state index in [2.05, 4.69) is 19.1 Å². The lowest BCUT2D eigenvalue weighted by molar-refractivity contribution is 0.228. The van der Waals surface area contributed by atoms with Crippen molar-refractivity contribution in [3.8, 4) is 0 Å². The molecule has 0 saturated carbocycles. The van der Waals surface area contributed by atoms with Crippen LogP contribution in [0.4, 0.5) is 0 Å². The minimum atomic E-state index is 0.696. The molecule has 0 heterocycles. The number of methoxy groups -OCH3 is 1. The lowest BCUT2D eigenvalue weighted by Crippen LogP contribution is -1.90. The Morgan fingerprint density at radius 2 is 2.08 bits per heavy atom. The molecule has 0 fully saturated rings. The van der Waals surface area contributed by atoms with Gasteiger partial charge in [0.15, 0.2) is 0 Å². The van der Waals surface area contributed by atoms with Crippen LogP contribution < -0.4 is 0 Å². The smallest absolute Gasteiger partial charge is 0.0710 e. The molecular formula is C11H18O. The van der Waals surface area contributed by atoms with E-state index < -0.39 is 0 Å². The summed E-state index contributed by atoms with van der Waals surface area (Å²) in [4.78, 5) is 0. The van der Waals surface area contributed by atoms with E-state index in [1.54, 1.807) is 7.11 Å². The highest BCUT2D eigenvalue weighted by Crippen LogP contribution is 1.99. The van der Waals surface area contributed by atoms with Gasteiger partial charge >= 0.3 is 0 Å². The minimum absolute atomic E-state index is 0.696. The summed E-state index contributed by atoms with van der Waals surface area (Å²) in [6, 6.07) is 0. The summed E-state index contributed by atoms with van der Waals surface area (Å²) in [5.41, 5.74) is 1.23. The predicted octanol–water partition coefficient (Wildman–Crippen LogP) is 3.10. The number of allylic oxidation sites excluding steroid dienone is 4. The maximum Gasteiger partial charge on any atom is 0.0710 e. The van der Waals surface area contributed by atoms with Crippen LogP contribution in [-0.4, -0.2) is 13.7 Å². The van der Waals surface area contributed by atoms with Crippen molar-refractivity contribution in [1.29, 1.82) is 0 Å². The summed E-state index contributed by atoms with van der Waals surface area (Å²) in [7, 11) is 1.72. The van der Waals surface area contributed by atoms with Gasteiger partial charge < -0.3 is 4.74 Å². The van der Waals surface area contributed by atoms with Crippen molar-refractivity contribution < 1.29 is 4.74 Å². The first-order valence-electron chi connectivity index (χ1n) is 4.32. The van der Waals surface area contributed by atoms with Gasteiger partial charge in [0.05, 0.1) is 6.61 Å². The van der Waals surface area contributed by atoms with Crippen LogP contribution in [0.1, 0.15) is 20.3 Å². The third-order valence-electron chi connectivity index (χ3n) is 1.39. The summed E-state index contributed by atoms with van der Waals surface area (Å²) in [5, 5.41) is 0. The van der Waals surface area contributed by atoms with Gasteiger partial charge in [0.1, 0.15) is 0 Å². The molecule has 0 rings (SSSR count). The molecule has 0 unspecified atom stereocenters. The van der Waals surface area contributed by atoms with Crippen molar-refractivity contribution in [2.45, 2.75) is 20.3 Å². The van der Waals surface area contributed by atoms with E-state index in [0.717, 1.165) is 6.42 Å². The molecule has 0 aromatic carbocycles. The number of hydrogen-bond donors (Lipinski definition) is 0. The highest BCUT2D eigenvalue weighted by atomic mass is 16.5. The van der Waals surface area contributed by atoms with Crippen LogP contribution in [-0.2, 0) is 4.74 Å². The number of ether oxygens (including phenoxy) is 1. The number of rotatable bonds is 5. The van der Waals surface area contributed by atoms with Gasteiger partial charge in [0.2, 0.25) is 0 Å². The van der Waals surface area contributed by atoms with Crippen LogP contribution in [0.2, 0.25) is 0 Å². The average Bonchev–Trinajstić information content (AvgIpc) is 2.06. The van der Waals surface area contributed by atoms with E-state index in [9.17, 15) is 0 Å². The van der Waals surface area contributed by atoms with Crippen LogP contribution in [0.3, 0.4) is 0 Å². The lowest BCUT2D eigenvalue weighted by Gasteiger charge is -1.98. The van der Waals surface area contributed by atoms with Crippen molar-refractivity contribution in [3.05, 3.63) is 36.0 Å². The Hall–Kier alpha value is -0.820. The Kier molecular flexibility index (Phi) is 7.71. The van der Waals surface area contributed by atoms with Crippen molar-refractivity contribution in [2.75, 3.05) is 13.7 Å². The molecule has 0 amide bonds. The van der Waals surface area contributed by atoms with E-state index in [4.69, 9.17) is 4.74 Å². The Labute approximate surface area is 75.4 Å². The van der Waals surface area contributed by atoms with Gasteiger partial charge in [-0.2, -0.15) is 0 Å². The molecule has 0 radical (unpaired) electrons. The van der Waals surface area contributed by atoms with Gasteiger partial charge in [-0.25, -0.2) is 0 Å². The molecule has 0 N–H and O–H groups in total. The standard InChI is InChI=1S/C11H18O/c1-4-6-7-9-11(8-5-2)10-12-3/h4,6-9H,5,10H2,1-3H3/b6-4-,9-7-,11-8+. The SMILES string of the molecule is C\C=C/C=C\C(=C/CC)COC. The fourth-order valence-corrected chi connectivity index (χ4v) is 0.894. The minimum Gasteiger partial charge on any atom is -0.380 e. The van der Waals surface area contributed by atoms with E-state index in [1.165, 1.54) is 5.57 Å². The maximum atomic E-state index is 5.04. The molecule has 0 atom stereocenters. The molecule has 12 heavy (non-hydrogen) atoms. The van der Waals surface area contributed by atoms with Gasteiger partial charge in [-0.3, -0.25) is 0 Å². The van der Waals surface area contributed by atoms with Crippen molar-refractivity contribution in [2.24, 2.45) is 0 Å². The second-order valence-corrected chi connectivity index (χ2v) is 2.51. The molecule has 0 aromatic heterocycles. The zero-order valence-corrected chi connectivity index (χ0v) is 8.21. The predicted molar refractivity (Wildman–Crippen MR) is 54.2 cm³/mol. The maximum absolute atomic E-state index is 5.04. The van der Waals surface area contributed by atoms with E-state index in [0.29, 0.717) is 6.61 Å². The third kappa shape index (κ3) is 5.93. The monoisotopic (exact) mass is 166 g/mol. The number of hydrogen-bond acceptors (Lipinski definition) is 1. The van der Waals surface area contributed by atoms with Crippen LogP contribution in [0.15, 0.2) is 36.0 Å². The molecule has 0 aromatic rings. The van der Waals surface area contributed by atoms with Crippen molar-refractivity contribution >= 4 is 0 Å². The highest BCUT2D eigenvalue weighted by Gasteiger charge is 1.87. The van der Waals surface area contributed by atoms with Crippen molar-refractivity contribution in [1.82, 2.24) is 0 Å². The first-order valence-corrected chi connectivity index (χ1v) is 4.32. The summed E-state index contributed by atoms with van der Waals surface area (Å²) in [6.07, 6.45) is 11.3. The first-order chi connectivity index (χ1) is 5.85. The van der Waals surface area contributed by atoms with Gasteiger partial charge in [-0.15, -0.1) is 0 Å². The van der Waals surface area contributed by atoms with Gasteiger partial charge in [-0.05, 0) is 18.9 Å². The topological polar surface area (TPSA) is 9.23 Å². The van der Waals surface area contributed by atoms with Crippen molar-refractivity contribution in [3.63, 3.8) is 0 Å². The molecule has 0 aliphatic carbocycles. The molecule has 0 spiro atoms. The molecule has 0 bridgehead atoms. The molecule has 1 nitrogen and oxygen atoms in total. The van der Waals surface area contributed by atoms with Crippen LogP contribution >= 0.6 is 0 Å². The molecule has 1 heteroatoms. The van der Waals surface area contributed by atoms with Gasteiger partial charge in [-0.1, -0.05) is 37.3 Å². The molecule has 0 saturated heterocycles. The summed E-state index contributed by atoms with van der Waals surface area (Å²) in [6.45, 7) is 4.82. The van der Waals surface area contributed by atoms with E-state index >= 15 is 0 Å². The lowest BCUT2D eigenvalue weighted by atomic mass is 10.2. The molecular weight excluding hydrogens is 148 g/mol. The fraction of sp³-hybridized carbons (Fsp3) is 0.455. The van der Waals surface area contributed by atoms with E-state index in [1.807, 2.05) is 25.2 Å². The normalized spacial score (nSPS) is 13.4. The largest absolute Gasteiger partial charge is 0.380 e. The summed E-state index contributed by atoms with van der Waals surface area (Å²) >= 11 is 0. The Balaban J connectivity index is 4.03. The van der Waals surface area contributed by atoms with Gasteiger partial charge in [0.25, 0.3) is 0 Å². The highest BCUT2D eigenvalue weighted by molar-refractivity contribution is 5.22. The third-order valence-corrected chi connectivity index (χ3v) is 1.39. The Bertz CT molecular complexity index is 175. The summed E-state index contributed by atoms with van der Waals surface area (Å²) in [5.74, 6) is 0.